The zero-order chi connectivity index (χ0) is 14.8. The van der Waals surface area contributed by atoms with Gasteiger partial charge in [-0.1, -0.05) is 13.8 Å². The van der Waals surface area contributed by atoms with E-state index < -0.39 is 36.1 Å². The molecule has 1 rings (SSSR count). The number of hydrogen-bond donors (Lipinski definition) is 6. The van der Waals surface area contributed by atoms with Crippen molar-refractivity contribution in [3.05, 3.63) is 0 Å². The molecule has 1 heterocycles. The van der Waals surface area contributed by atoms with Crippen molar-refractivity contribution in [1.29, 1.82) is 0 Å². The minimum absolute atomic E-state index is 0.239. The lowest BCUT2D eigenvalue weighted by Crippen LogP contribution is -2.65. The molecule has 0 aromatic heterocycles. The summed E-state index contributed by atoms with van der Waals surface area (Å²) in [7, 11) is 0. The highest BCUT2D eigenvalue weighted by molar-refractivity contribution is 5.73. The Labute approximate surface area is 110 Å². The standard InChI is InChI=1S/C11H21NO7/c1-5(2)7(10(16)17)12-4-11(18)9(15)8(14)6(13)3-19-11/h5-9,12-15,18H,3-4H2,1-2H3,(H,16,17)/t6-,7-,8-,9+,11?/m1/s1. The van der Waals surface area contributed by atoms with Crippen molar-refractivity contribution >= 4 is 5.97 Å². The molecule has 1 fully saturated rings. The van der Waals surface area contributed by atoms with E-state index >= 15 is 0 Å². The summed E-state index contributed by atoms with van der Waals surface area (Å²) in [6.45, 7) is 2.64. The van der Waals surface area contributed by atoms with Crippen LogP contribution in [0.25, 0.3) is 0 Å². The molecule has 0 radical (unpaired) electrons. The maximum atomic E-state index is 11.0. The summed E-state index contributed by atoms with van der Waals surface area (Å²) in [5.74, 6) is -3.47. The molecule has 6 N–H and O–H groups in total. The molecule has 1 saturated heterocycles. The smallest absolute Gasteiger partial charge is 0.320 e. The van der Waals surface area contributed by atoms with Crippen molar-refractivity contribution in [3.8, 4) is 0 Å². The van der Waals surface area contributed by atoms with Crippen LogP contribution in [-0.2, 0) is 9.53 Å². The first-order valence-electron chi connectivity index (χ1n) is 6.05. The van der Waals surface area contributed by atoms with E-state index in [1.165, 1.54) is 0 Å². The Bertz CT molecular complexity index is 324. The molecule has 1 aliphatic heterocycles. The van der Waals surface area contributed by atoms with Crippen LogP contribution in [0.15, 0.2) is 0 Å². The van der Waals surface area contributed by atoms with Crippen molar-refractivity contribution < 1.29 is 35.1 Å². The molecule has 0 aromatic rings. The molecule has 8 nitrogen and oxygen atoms in total. The number of hydrogen-bond acceptors (Lipinski definition) is 7. The number of carboxylic acids is 1. The number of carboxylic acid groups (broad SMARTS) is 1. The van der Waals surface area contributed by atoms with Crippen LogP contribution in [0.4, 0.5) is 0 Å². The molecule has 0 amide bonds. The molecule has 0 bridgehead atoms. The predicted octanol–water partition coefficient (Wildman–Crippen LogP) is -2.51. The van der Waals surface area contributed by atoms with Crippen LogP contribution in [0.2, 0.25) is 0 Å². The highest BCUT2D eigenvalue weighted by Crippen LogP contribution is 2.23. The van der Waals surface area contributed by atoms with Gasteiger partial charge < -0.3 is 30.3 Å². The third-order valence-corrected chi connectivity index (χ3v) is 3.19. The quantitative estimate of drug-likeness (QED) is 0.324. The average molecular weight is 279 g/mol. The summed E-state index contributed by atoms with van der Waals surface area (Å²) in [4.78, 5) is 11.0. The van der Waals surface area contributed by atoms with Crippen LogP contribution in [0, 0.1) is 5.92 Å². The first-order chi connectivity index (χ1) is 8.69. The molecular weight excluding hydrogens is 258 g/mol. The summed E-state index contributed by atoms with van der Waals surface area (Å²) < 4.78 is 4.91. The normalized spacial score (nSPS) is 37.3. The van der Waals surface area contributed by atoms with E-state index in [1.807, 2.05) is 0 Å². The maximum absolute atomic E-state index is 11.0. The molecular formula is C11H21NO7. The van der Waals surface area contributed by atoms with Crippen LogP contribution in [0.3, 0.4) is 0 Å². The largest absolute Gasteiger partial charge is 0.480 e. The van der Waals surface area contributed by atoms with Gasteiger partial charge >= 0.3 is 5.97 Å². The third-order valence-electron chi connectivity index (χ3n) is 3.19. The van der Waals surface area contributed by atoms with E-state index in [9.17, 15) is 25.2 Å². The number of nitrogens with one attached hydrogen (secondary N) is 1. The van der Waals surface area contributed by atoms with Gasteiger partial charge in [-0.2, -0.15) is 0 Å². The Kier molecular flexibility index (Phi) is 5.25. The second kappa shape index (κ2) is 6.12. The van der Waals surface area contributed by atoms with Gasteiger partial charge in [0.1, 0.15) is 24.4 Å². The van der Waals surface area contributed by atoms with E-state index in [2.05, 4.69) is 5.32 Å². The molecule has 1 unspecified atom stereocenters. The second-order valence-electron chi connectivity index (χ2n) is 5.10. The van der Waals surface area contributed by atoms with Gasteiger partial charge in [0.25, 0.3) is 0 Å². The van der Waals surface area contributed by atoms with E-state index in [4.69, 9.17) is 9.84 Å². The summed E-state index contributed by atoms with van der Waals surface area (Å²) in [5.41, 5.74) is 0. The first kappa shape index (κ1) is 16.3. The Balaban J connectivity index is 2.67. The van der Waals surface area contributed by atoms with Gasteiger partial charge in [-0.05, 0) is 5.92 Å². The Morgan fingerprint density at radius 1 is 1.42 bits per heavy atom. The zero-order valence-electron chi connectivity index (χ0n) is 10.9. The maximum Gasteiger partial charge on any atom is 0.320 e. The fourth-order valence-corrected chi connectivity index (χ4v) is 1.91. The van der Waals surface area contributed by atoms with Crippen LogP contribution in [0.5, 0.6) is 0 Å². The minimum Gasteiger partial charge on any atom is -0.480 e. The lowest BCUT2D eigenvalue weighted by atomic mass is 9.96. The Morgan fingerprint density at radius 2 is 2.00 bits per heavy atom. The predicted molar refractivity (Wildman–Crippen MR) is 63.2 cm³/mol. The minimum atomic E-state index is -2.14. The van der Waals surface area contributed by atoms with Gasteiger partial charge in [0.15, 0.2) is 0 Å². The summed E-state index contributed by atoms with van der Waals surface area (Å²) in [5, 5.41) is 50.0. The number of aliphatic carboxylic acids is 1. The van der Waals surface area contributed by atoms with Crippen molar-refractivity contribution in [2.75, 3.05) is 13.2 Å². The van der Waals surface area contributed by atoms with Gasteiger partial charge in [0.2, 0.25) is 5.79 Å². The number of rotatable bonds is 5. The van der Waals surface area contributed by atoms with Gasteiger partial charge in [-0.3, -0.25) is 10.1 Å². The fraction of sp³-hybridized carbons (Fsp3) is 0.909. The van der Waals surface area contributed by atoms with E-state index in [-0.39, 0.29) is 19.1 Å². The van der Waals surface area contributed by atoms with Crippen molar-refractivity contribution in [3.63, 3.8) is 0 Å². The van der Waals surface area contributed by atoms with Gasteiger partial charge in [-0.15, -0.1) is 0 Å². The molecule has 0 spiro atoms. The van der Waals surface area contributed by atoms with E-state index in [0.717, 1.165) is 0 Å². The van der Waals surface area contributed by atoms with Crippen molar-refractivity contribution in [1.82, 2.24) is 5.32 Å². The van der Waals surface area contributed by atoms with Crippen molar-refractivity contribution in [2.45, 2.75) is 44.0 Å². The molecule has 112 valence electrons. The summed E-state index contributed by atoms with van der Waals surface area (Å²) in [6, 6.07) is -0.927. The third kappa shape index (κ3) is 3.62. The van der Waals surface area contributed by atoms with E-state index in [0.29, 0.717) is 0 Å². The summed E-state index contributed by atoms with van der Waals surface area (Å²) in [6.07, 6.45) is -4.58. The molecule has 19 heavy (non-hydrogen) atoms. The fourth-order valence-electron chi connectivity index (χ4n) is 1.91. The molecule has 8 heteroatoms. The van der Waals surface area contributed by atoms with E-state index in [1.54, 1.807) is 13.8 Å². The second-order valence-corrected chi connectivity index (χ2v) is 5.10. The zero-order valence-corrected chi connectivity index (χ0v) is 10.9. The van der Waals surface area contributed by atoms with Crippen LogP contribution in [-0.4, -0.2) is 74.8 Å². The first-order valence-corrected chi connectivity index (χ1v) is 6.05. The van der Waals surface area contributed by atoms with Gasteiger partial charge in [0, 0.05) is 0 Å². The molecule has 0 aromatic carbocycles. The highest BCUT2D eigenvalue weighted by Gasteiger charge is 2.48. The Morgan fingerprint density at radius 3 is 2.47 bits per heavy atom. The van der Waals surface area contributed by atoms with Crippen LogP contribution < -0.4 is 5.32 Å². The lowest BCUT2D eigenvalue weighted by Gasteiger charge is -2.42. The average Bonchev–Trinajstić information content (AvgIpc) is 2.31. The van der Waals surface area contributed by atoms with Gasteiger partial charge in [0.05, 0.1) is 13.2 Å². The monoisotopic (exact) mass is 279 g/mol. The Hall–Kier alpha value is -0.770. The highest BCUT2D eigenvalue weighted by atomic mass is 16.6. The molecule has 0 aliphatic carbocycles. The topological polar surface area (TPSA) is 139 Å². The number of carbonyl (C=O) groups is 1. The lowest BCUT2D eigenvalue weighted by molar-refractivity contribution is -0.318. The van der Waals surface area contributed by atoms with Crippen molar-refractivity contribution in [2.24, 2.45) is 5.92 Å². The molecule has 5 atom stereocenters. The molecule has 1 aliphatic rings. The molecule has 0 saturated carbocycles. The number of ether oxygens (including phenoxy) is 1. The van der Waals surface area contributed by atoms with Crippen LogP contribution >= 0.6 is 0 Å². The van der Waals surface area contributed by atoms with Gasteiger partial charge in [-0.25, -0.2) is 0 Å². The van der Waals surface area contributed by atoms with Crippen LogP contribution in [0.1, 0.15) is 13.8 Å². The SMILES string of the molecule is CC(C)[C@@H](NCC1(O)OC[C@@H](O)[C@@H](O)[C@@H]1O)C(=O)O. The summed E-state index contributed by atoms with van der Waals surface area (Å²) >= 11 is 0. The number of aliphatic hydroxyl groups excluding tert-OH is 3. The number of aliphatic hydroxyl groups is 4.